The van der Waals surface area contributed by atoms with Crippen LogP contribution in [0, 0.1) is 0 Å². The summed E-state index contributed by atoms with van der Waals surface area (Å²) in [6.07, 6.45) is 2.93. The van der Waals surface area contributed by atoms with E-state index in [2.05, 4.69) is 46.6 Å². The average molecular weight is 496 g/mol. The second-order valence-corrected chi connectivity index (χ2v) is 10.7. The first-order valence-electron chi connectivity index (χ1n) is 13.6. The van der Waals surface area contributed by atoms with Crippen LogP contribution in [0.2, 0.25) is 0 Å². The number of likely N-dealkylation sites (tertiary alicyclic amines) is 1. The Morgan fingerprint density at radius 2 is 1.59 bits per heavy atom. The number of para-hydroxylation sites is 2. The van der Waals surface area contributed by atoms with Crippen molar-refractivity contribution in [2.45, 2.75) is 37.9 Å². The van der Waals surface area contributed by atoms with Crippen molar-refractivity contribution >= 4 is 27.7 Å². The summed E-state index contributed by atoms with van der Waals surface area (Å²) < 4.78 is 3.67. The third kappa shape index (κ3) is 3.80. The highest BCUT2D eigenvalue weighted by Crippen LogP contribution is 2.41. The zero-order valence-corrected chi connectivity index (χ0v) is 21.1. The molecule has 190 valence electrons. The molecule has 1 aromatic heterocycles. The van der Waals surface area contributed by atoms with E-state index in [0.29, 0.717) is 19.1 Å². The van der Waals surface area contributed by atoms with Crippen LogP contribution in [-0.2, 0) is 17.8 Å². The Morgan fingerprint density at radius 3 is 2.38 bits per heavy atom. The Hall–Kier alpha value is -3.42. The van der Waals surface area contributed by atoms with Crippen molar-refractivity contribution in [1.82, 2.24) is 24.3 Å². The van der Waals surface area contributed by atoms with Crippen LogP contribution >= 0.6 is 0 Å². The highest BCUT2D eigenvalue weighted by Gasteiger charge is 2.33. The molecule has 7 heteroatoms. The SMILES string of the molecule is O=C(Cn1c(=O)n(C2CCN([C@H]3Cc4cccc5cccc3c45)CC2)c2ccccc21)N1CCNCC1. The second kappa shape index (κ2) is 9.15. The standard InChI is InChI=1S/C30H33N5O2/c36-28(33-17-13-31-14-18-33)20-34-25-9-1-2-10-26(25)35(30(34)37)23-11-15-32(16-12-23)27-19-22-7-3-5-21-6-4-8-24(27)29(21)22/h1-10,23,27,31H,11-20H2/t27-/m0/s1. The molecule has 0 spiro atoms. The minimum absolute atomic E-state index is 0.0243. The number of amides is 1. The van der Waals surface area contributed by atoms with Gasteiger partial charge in [0.25, 0.3) is 0 Å². The molecule has 0 bridgehead atoms. The Kier molecular flexibility index (Phi) is 5.63. The number of carbonyl (C=O) groups is 1. The van der Waals surface area contributed by atoms with E-state index in [9.17, 15) is 9.59 Å². The Bertz CT molecular complexity index is 1530. The molecule has 1 N–H and O–H groups in total. The van der Waals surface area contributed by atoms with Crippen molar-refractivity contribution in [3.63, 3.8) is 0 Å². The van der Waals surface area contributed by atoms with Gasteiger partial charge in [-0.05, 0) is 53.3 Å². The number of hydrogen-bond acceptors (Lipinski definition) is 4. The number of rotatable bonds is 4. The first kappa shape index (κ1) is 22.8. The maximum Gasteiger partial charge on any atom is 0.329 e. The van der Waals surface area contributed by atoms with Crippen molar-refractivity contribution in [3.8, 4) is 0 Å². The van der Waals surface area contributed by atoms with Gasteiger partial charge in [-0.15, -0.1) is 0 Å². The van der Waals surface area contributed by atoms with Gasteiger partial charge >= 0.3 is 5.69 Å². The van der Waals surface area contributed by atoms with Crippen LogP contribution in [-0.4, -0.2) is 64.1 Å². The fourth-order valence-electron chi connectivity index (χ4n) is 6.88. The number of piperidine rings is 1. The molecule has 3 heterocycles. The smallest absolute Gasteiger partial charge is 0.329 e. The predicted octanol–water partition coefficient (Wildman–Crippen LogP) is 3.32. The van der Waals surface area contributed by atoms with Gasteiger partial charge < -0.3 is 10.2 Å². The van der Waals surface area contributed by atoms with Gasteiger partial charge in [0.15, 0.2) is 0 Å². The van der Waals surface area contributed by atoms with E-state index in [1.807, 2.05) is 33.7 Å². The minimum atomic E-state index is -0.0545. The summed E-state index contributed by atoms with van der Waals surface area (Å²) in [6.45, 7) is 5.04. The number of nitrogens with zero attached hydrogens (tertiary/aromatic N) is 4. The number of benzene rings is 3. The number of imidazole rings is 1. The van der Waals surface area contributed by atoms with E-state index >= 15 is 0 Å². The van der Waals surface area contributed by atoms with E-state index < -0.39 is 0 Å². The molecule has 1 amide bonds. The summed E-state index contributed by atoms with van der Waals surface area (Å²) in [6, 6.07) is 21.9. The average Bonchev–Trinajstić information content (AvgIpc) is 3.46. The zero-order chi connectivity index (χ0) is 24.9. The first-order valence-corrected chi connectivity index (χ1v) is 13.6. The highest BCUT2D eigenvalue weighted by molar-refractivity contribution is 5.91. The molecule has 7 nitrogen and oxygen atoms in total. The van der Waals surface area contributed by atoms with Crippen molar-refractivity contribution < 1.29 is 4.79 Å². The number of aromatic nitrogens is 2. The second-order valence-electron chi connectivity index (χ2n) is 10.7. The number of nitrogens with one attached hydrogen (secondary N) is 1. The summed E-state index contributed by atoms with van der Waals surface area (Å²) in [5.41, 5.74) is 4.65. The van der Waals surface area contributed by atoms with Gasteiger partial charge in [-0.3, -0.25) is 18.8 Å². The van der Waals surface area contributed by atoms with E-state index in [-0.39, 0.29) is 24.2 Å². The maximum atomic E-state index is 13.7. The van der Waals surface area contributed by atoms with Crippen LogP contribution in [0.15, 0.2) is 65.5 Å². The van der Waals surface area contributed by atoms with Crippen LogP contribution in [0.5, 0.6) is 0 Å². The van der Waals surface area contributed by atoms with Gasteiger partial charge in [0, 0.05) is 51.4 Å². The quantitative estimate of drug-likeness (QED) is 0.472. The molecular formula is C30H33N5O2. The van der Waals surface area contributed by atoms with Crippen molar-refractivity contribution in [2.24, 2.45) is 0 Å². The van der Waals surface area contributed by atoms with Gasteiger partial charge in [0.05, 0.1) is 11.0 Å². The van der Waals surface area contributed by atoms with Gasteiger partial charge in [-0.1, -0.05) is 48.5 Å². The van der Waals surface area contributed by atoms with Crippen molar-refractivity contribution in [1.29, 1.82) is 0 Å². The Labute approximate surface area is 216 Å². The molecule has 1 aliphatic carbocycles. The number of hydrogen-bond donors (Lipinski definition) is 1. The number of carbonyl (C=O) groups excluding carboxylic acids is 1. The van der Waals surface area contributed by atoms with Gasteiger partial charge in [-0.2, -0.15) is 0 Å². The molecular weight excluding hydrogens is 462 g/mol. The largest absolute Gasteiger partial charge is 0.339 e. The van der Waals surface area contributed by atoms with Crippen LogP contribution in [0.3, 0.4) is 0 Å². The van der Waals surface area contributed by atoms with Gasteiger partial charge in [0.2, 0.25) is 5.91 Å². The summed E-state index contributed by atoms with van der Waals surface area (Å²) in [7, 11) is 0. The third-order valence-electron chi connectivity index (χ3n) is 8.73. The molecule has 37 heavy (non-hydrogen) atoms. The topological polar surface area (TPSA) is 62.5 Å². The monoisotopic (exact) mass is 495 g/mol. The predicted molar refractivity (Wildman–Crippen MR) is 146 cm³/mol. The summed E-state index contributed by atoms with van der Waals surface area (Å²) >= 11 is 0. The lowest BCUT2D eigenvalue weighted by molar-refractivity contribution is -0.132. The Balaban J connectivity index is 1.13. The Morgan fingerprint density at radius 1 is 0.865 bits per heavy atom. The van der Waals surface area contributed by atoms with Gasteiger partial charge in [-0.25, -0.2) is 4.79 Å². The van der Waals surface area contributed by atoms with E-state index in [1.165, 1.54) is 21.9 Å². The number of fused-ring (bicyclic) bond motifs is 1. The molecule has 0 unspecified atom stereocenters. The summed E-state index contributed by atoms with van der Waals surface area (Å²) in [5.74, 6) is 0.0243. The summed E-state index contributed by atoms with van der Waals surface area (Å²) in [4.78, 5) is 31.3. The molecule has 3 aliphatic rings. The first-order chi connectivity index (χ1) is 18.2. The van der Waals surface area contributed by atoms with E-state index in [0.717, 1.165) is 56.5 Å². The minimum Gasteiger partial charge on any atom is -0.339 e. The molecule has 4 aromatic rings. The molecule has 2 saturated heterocycles. The fraction of sp³-hybridized carbons (Fsp3) is 0.400. The highest BCUT2D eigenvalue weighted by atomic mass is 16.2. The summed E-state index contributed by atoms with van der Waals surface area (Å²) in [5, 5.41) is 6.06. The molecule has 7 rings (SSSR count). The fourth-order valence-corrected chi connectivity index (χ4v) is 6.88. The molecule has 3 aromatic carbocycles. The van der Waals surface area contributed by atoms with E-state index in [1.54, 1.807) is 4.57 Å². The zero-order valence-electron chi connectivity index (χ0n) is 21.1. The molecule has 2 aliphatic heterocycles. The van der Waals surface area contributed by atoms with Crippen LogP contribution in [0.4, 0.5) is 0 Å². The lowest BCUT2D eigenvalue weighted by Gasteiger charge is -2.36. The van der Waals surface area contributed by atoms with Crippen LogP contribution < -0.4 is 11.0 Å². The molecule has 2 fully saturated rings. The normalized spacial score (nSPS) is 20.8. The van der Waals surface area contributed by atoms with Crippen molar-refractivity contribution in [3.05, 3.63) is 82.3 Å². The third-order valence-corrected chi connectivity index (χ3v) is 8.73. The van der Waals surface area contributed by atoms with Crippen LogP contribution in [0.25, 0.3) is 21.8 Å². The molecule has 0 radical (unpaired) electrons. The van der Waals surface area contributed by atoms with Crippen LogP contribution in [0.1, 0.15) is 36.1 Å². The lowest BCUT2D eigenvalue weighted by Crippen LogP contribution is -2.48. The van der Waals surface area contributed by atoms with Gasteiger partial charge in [0.1, 0.15) is 6.54 Å². The molecule has 1 atom stereocenters. The molecule has 0 saturated carbocycles. The number of piperazine rings is 1. The maximum absolute atomic E-state index is 13.7. The lowest BCUT2D eigenvalue weighted by atomic mass is 9.99. The van der Waals surface area contributed by atoms with E-state index in [4.69, 9.17) is 0 Å². The van der Waals surface area contributed by atoms with Crippen molar-refractivity contribution in [2.75, 3.05) is 39.3 Å².